The number of methoxy groups -OCH3 is 2. The van der Waals surface area contributed by atoms with Crippen molar-refractivity contribution < 1.29 is 23.9 Å². The lowest BCUT2D eigenvalue weighted by atomic mass is 9.87. The number of nitrogens with one attached hydrogen (secondary N) is 1. The van der Waals surface area contributed by atoms with Gasteiger partial charge in [-0.3, -0.25) is 9.69 Å². The third kappa shape index (κ3) is 3.31. The van der Waals surface area contributed by atoms with E-state index < -0.39 is 17.5 Å². The summed E-state index contributed by atoms with van der Waals surface area (Å²) in [5.41, 5.74) is 0.745. The van der Waals surface area contributed by atoms with Gasteiger partial charge >= 0.3 is 12.0 Å². The lowest BCUT2D eigenvalue weighted by Crippen LogP contribution is -2.43. The number of ether oxygens (including phenoxy) is 2. The molecular weight excluding hydrogens is 360 g/mol. The first-order valence-electron chi connectivity index (χ1n) is 8.91. The fraction of sp³-hybridized carbons (Fsp3) is 0.286. The van der Waals surface area contributed by atoms with Crippen LogP contribution in [0.3, 0.4) is 0 Å². The van der Waals surface area contributed by atoms with Gasteiger partial charge in [0.25, 0.3) is 5.91 Å². The number of carbonyl (C=O) groups is 3. The van der Waals surface area contributed by atoms with Crippen molar-refractivity contribution in [2.45, 2.75) is 25.4 Å². The zero-order valence-corrected chi connectivity index (χ0v) is 16.0. The molecule has 2 aromatic rings. The molecule has 1 saturated heterocycles. The van der Waals surface area contributed by atoms with Gasteiger partial charge in [-0.05, 0) is 41.8 Å². The fourth-order valence-electron chi connectivity index (χ4n) is 3.33. The van der Waals surface area contributed by atoms with Gasteiger partial charge in [0.15, 0.2) is 0 Å². The van der Waals surface area contributed by atoms with E-state index in [9.17, 15) is 14.4 Å². The Kier molecular flexibility index (Phi) is 5.35. The molecule has 1 N–H and O–H groups in total. The average molecular weight is 382 g/mol. The number of esters is 1. The van der Waals surface area contributed by atoms with Crippen molar-refractivity contribution in [3.8, 4) is 5.75 Å². The molecule has 3 rings (SSSR count). The monoisotopic (exact) mass is 382 g/mol. The molecule has 0 spiro atoms. The minimum absolute atomic E-state index is 0.115. The Hall–Kier alpha value is -3.35. The second-order valence-corrected chi connectivity index (χ2v) is 6.50. The van der Waals surface area contributed by atoms with Crippen molar-refractivity contribution in [2.75, 3.05) is 14.2 Å². The molecule has 1 heterocycles. The molecule has 2 aromatic carbocycles. The highest BCUT2D eigenvalue weighted by atomic mass is 16.5. The summed E-state index contributed by atoms with van der Waals surface area (Å²) in [7, 11) is 2.88. The first-order chi connectivity index (χ1) is 13.4. The highest BCUT2D eigenvalue weighted by Crippen LogP contribution is 2.34. The van der Waals surface area contributed by atoms with Crippen LogP contribution in [0.1, 0.15) is 34.8 Å². The molecule has 0 radical (unpaired) electrons. The number of nitrogens with zero attached hydrogens (tertiary/aromatic N) is 1. The van der Waals surface area contributed by atoms with Crippen LogP contribution in [0.5, 0.6) is 5.75 Å². The molecule has 0 saturated carbocycles. The Morgan fingerprint density at radius 2 is 1.68 bits per heavy atom. The Bertz CT molecular complexity index is 892. The van der Waals surface area contributed by atoms with Gasteiger partial charge in [-0.1, -0.05) is 31.2 Å². The van der Waals surface area contributed by atoms with Crippen molar-refractivity contribution in [2.24, 2.45) is 0 Å². The summed E-state index contributed by atoms with van der Waals surface area (Å²) in [6.07, 6.45) is 0.418. The van der Waals surface area contributed by atoms with Crippen LogP contribution in [-0.4, -0.2) is 37.0 Å². The number of urea groups is 1. The third-order valence-corrected chi connectivity index (χ3v) is 5.00. The van der Waals surface area contributed by atoms with Gasteiger partial charge in [0.1, 0.15) is 11.3 Å². The summed E-state index contributed by atoms with van der Waals surface area (Å²) in [5, 5.41) is 2.85. The predicted octanol–water partition coefficient (Wildman–Crippen LogP) is 2.84. The SMILES string of the molecule is CC[C@@]1(c2ccc(OC)cc2)NC(=O)N(Cc2ccc(C(=O)OC)cc2)C1=O. The number of hydrogen-bond acceptors (Lipinski definition) is 5. The highest BCUT2D eigenvalue weighted by molar-refractivity contribution is 6.07. The second kappa shape index (κ2) is 7.72. The van der Waals surface area contributed by atoms with Crippen LogP contribution in [0, 0.1) is 0 Å². The van der Waals surface area contributed by atoms with Crippen LogP contribution in [-0.2, 0) is 21.6 Å². The van der Waals surface area contributed by atoms with Crippen LogP contribution in [0.4, 0.5) is 4.79 Å². The van der Waals surface area contributed by atoms with Crippen molar-refractivity contribution >= 4 is 17.9 Å². The fourth-order valence-corrected chi connectivity index (χ4v) is 3.33. The number of hydrogen-bond donors (Lipinski definition) is 1. The average Bonchev–Trinajstić information content (AvgIpc) is 2.98. The summed E-state index contributed by atoms with van der Waals surface area (Å²) < 4.78 is 9.84. The summed E-state index contributed by atoms with van der Waals surface area (Å²) >= 11 is 0. The molecule has 1 atom stereocenters. The standard InChI is InChI=1S/C21H22N2O5/c1-4-21(16-9-11-17(27-2)12-10-16)19(25)23(20(26)22-21)13-14-5-7-15(8-6-14)18(24)28-3/h5-12H,4,13H2,1-3H3,(H,22,26)/t21-/m0/s1. The minimum Gasteiger partial charge on any atom is -0.497 e. The van der Waals surface area contributed by atoms with Crippen LogP contribution in [0.15, 0.2) is 48.5 Å². The molecule has 3 amide bonds. The van der Waals surface area contributed by atoms with E-state index in [2.05, 4.69) is 10.1 Å². The van der Waals surface area contributed by atoms with Gasteiger partial charge in [0.05, 0.1) is 26.3 Å². The Morgan fingerprint density at radius 1 is 1.04 bits per heavy atom. The smallest absolute Gasteiger partial charge is 0.337 e. The number of rotatable bonds is 6. The Labute approximate surface area is 163 Å². The van der Waals surface area contributed by atoms with E-state index in [0.29, 0.717) is 23.3 Å². The van der Waals surface area contributed by atoms with E-state index in [0.717, 1.165) is 5.56 Å². The number of carbonyl (C=O) groups excluding carboxylic acids is 3. The van der Waals surface area contributed by atoms with E-state index >= 15 is 0 Å². The van der Waals surface area contributed by atoms with E-state index in [1.165, 1.54) is 12.0 Å². The summed E-state index contributed by atoms with van der Waals surface area (Å²) in [5.74, 6) is -0.0670. The van der Waals surface area contributed by atoms with Crippen LogP contribution in [0.2, 0.25) is 0 Å². The van der Waals surface area contributed by atoms with Crippen molar-refractivity contribution in [3.63, 3.8) is 0 Å². The van der Waals surface area contributed by atoms with Gasteiger partial charge in [0, 0.05) is 0 Å². The maximum atomic E-state index is 13.2. The zero-order chi connectivity index (χ0) is 20.3. The molecule has 1 aliphatic heterocycles. The first kappa shape index (κ1) is 19.4. The molecule has 0 aromatic heterocycles. The van der Waals surface area contributed by atoms with Crippen molar-refractivity contribution in [1.29, 1.82) is 0 Å². The number of amides is 3. The summed E-state index contributed by atoms with van der Waals surface area (Å²) in [6.45, 7) is 1.97. The van der Waals surface area contributed by atoms with Gasteiger partial charge in [0.2, 0.25) is 0 Å². The molecule has 7 nitrogen and oxygen atoms in total. The molecule has 7 heteroatoms. The van der Waals surface area contributed by atoms with Crippen LogP contribution < -0.4 is 10.1 Å². The summed E-state index contributed by atoms with van der Waals surface area (Å²) in [4.78, 5) is 38.5. The lowest BCUT2D eigenvalue weighted by molar-refractivity contribution is -0.132. The predicted molar refractivity (Wildman–Crippen MR) is 102 cm³/mol. The molecule has 1 fully saturated rings. The van der Waals surface area contributed by atoms with Gasteiger partial charge in [-0.2, -0.15) is 0 Å². The normalized spacial score (nSPS) is 18.8. The molecule has 0 aliphatic carbocycles. The van der Waals surface area contributed by atoms with Gasteiger partial charge in [-0.25, -0.2) is 9.59 Å². The molecule has 1 aliphatic rings. The van der Waals surface area contributed by atoms with Crippen LogP contribution in [0.25, 0.3) is 0 Å². The quantitative estimate of drug-likeness (QED) is 0.613. The number of benzene rings is 2. The maximum absolute atomic E-state index is 13.2. The Morgan fingerprint density at radius 3 is 2.21 bits per heavy atom. The molecule has 28 heavy (non-hydrogen) atoms. The zero-order valence-electron chi connectivity index (χ0n) is 16.0. The van der Waals surface area contributed by atoms with E-state index in [1.807, 2.05) is 6.92 Å². The van der Waals surface area contributed by atoms with Crippen LogP contribution >= 0.6 is 0 Å². The van der Waals surface area contributed by atoms with Gasteiger partial charge in [-0.15, -0.1) is 0 Å². The third-order valence-electron chi connectivity index (χ3n) is 5.00. The molecule has 0 unspecified atom stereocenters. The van der Waals surface area contributed by atoms with E-state index in [-0.39, 0.29) is 12.5 Å². The topological polar surface area (TPSA) is 84.9 Å². The second-order valence-electron chi connectivity index (χ2n) is 6.50. The van der Waals surface area contributed by atoms with E-state index in [1.54, 1.807) is 55.6 Å². The van der Waals surface area contributed by atoms with Crippen molar-refractivity contribution in [3.05, 3.63) is 65.2 Å². The Balaban J connectivity index is 1.84. The number of imide groups is 1. The first-order valence-corrected chi connectivity index (χ1v) is 8.91. The maximum Gasteiger partial charge on any atom is 0.337 e. The molecule has 146 valence electrons. The minimum atomic E-state index is -1.10. The highest BCUT2D eigenvalue weighted by Gasteiger charge is 2.51. The lowest BCUT2D eigenvalue weighted by Gasteiger charge is -2.26. The molecular formula is C21H22N2O5. The van der Waals surface area contributed by atoms with Crippen molar-refractivity contribution in [1.82, 2.24) is 10.2 Å². The molecule has 0 bridgehead atoms. The summed E-state index contributed by atoms with van der Waals surface area (Å²) in [6, 6.07) is 13.3. The van der Waals surface area contributed by atoms with Gasteiger partial charge < -0.3 is 14.8 Å². The van der Waals surface area contributed by atoms with E-state index in [4.69, 9.17) is 4.74 Å². The largest absolute Gasteiger partial charge is 0.497 e.